The minimum Gasteiger partial charge on any atom is -0.790 e. The second-order valence-corrected chi connectivity index (χ2v) is 7.66. The summed E-state index contributed by atoms with van der Waals surface area (Å²) in [7, 11) is -11.0. The van der Waals surface area contributed by atoms with Crippen molar-refractivity contribution in [2.45, 2.75) is 24.5 Å². The zero-order chi connectivity index (χ0) is 20.0. The van der Waals surface area contributed by atoms with Gasteiger partial charge in [-0.15, -0.1) is 0 Å². The van der Waals surface area contributed by atoms with Crippen LogP contribution in [0.3, 0.4) is 0 Å². The average Bonchev–Trinajstić information content (AvgIpc) is 3.07. The maximum absolute atomic E-state index is 10.9. The number of anilines is 1. The third-order valence-electron chi connectivity index (χ3n) is 3.62. The van der Waals surface area contributed by atoms with Gasteiger partial charge in [0, 0.05) is 0 Å². The summed E-state index contributed by atoms with van der Waals surface area (Å²) >= 11 is 0. The summed E-state index contributed by atoms with van der Waals surface area (Å²) in [6.45, 7) is -0.994. The van der Waals surface area contributed by atoms with Gasteiger partial charge in [-0.05, 0) is 0 Å². The van der Waals surface area contributed by atoms with Gasteiger partial charge in [-0.25, -0.2) is 15.0 Å². The van der Waals surface area contributed by atoms with Gasteiger partial charge < -0.3 is 58.8 Å². The third-order valence-corrected chi connectivity index (χ3v) is 4.59. The van der Waals surface area contributed by atoms with Crippen molar-refractivity contribution in [2.24, 2.45) is 0 Å². The minimum atomic E-state index is -5.60. The molecule has 158 valence electrons. The summed E-state index contributed by atoms with van der Waals surface area (Å²) < 4.78 is 36.4. The molecule has 1 fully saturated rings. The van der Waals surface area contributed by atoms with Gasteiger partial charge in [0.05, 0.1) is 28.6 Å². The molecule has 5 N–H and O–H groups in total. The van der Waals surface area contributed by atoms with E-state index < -0.39 is 46.8 Å². The van der Waals surface area contributed by atoms with Crippen LogP contribution in [0.4, 0.5) is 5.82 Å². The van der Waals surface area contributed by atoms with E-state index in [-0.39, 0.29) is 97.9 Å². The van der Waals surface area contributed by atoms with Gasteiger partial charge in [-0.2, -0.15) is 0 Å². The maximum atomic E-state index is 10.9. The molecule has 20 heteroatoms. The number of aromatic nitrogens is 4. The molecule has 2 aromatic heterocycles. The molecule has 3 rings (SSSR count). The summed E-state index contributed by atoms with van der Waals surface area (Å²) in [6.07, 6.45) is -4.40. The first kappa shape index (κ1) is 31.0. The van der Waals surface area contributed by atoms with Crippen LogP contribution in [0.2, 0.25) is 0 Å². The molecule has 0 saturated carbocycles. The molecule has 0 aliphatic carbocycles. The van der Waals surface area contributed by atoms with Gasteiger partial charge in [-0.3, -0.25) is 4.57 Å². The number of aliphatic hydroxyl groups is 1. The first-order valence-corrected chi connectivity index (χ1v) is 10.0. The molecule has 30 heavy (non-hydrogen) atoms. The SMILES string of the molecule is Nc1ncnc2c1ncn2[C@@H]1O[C@H](COP(=O)([O-])[O-])[C@@H](OP(=O)([O-])[O-])[C@H]1O.O.[Ca+2].[Ca+2]. The quantitative estimate of drug-likeness (QED) is 0.265. The van der Waals surface area contributed by atoms with Crippen molar-refractivity contribution >= 4 is 108 Å². The second-order valence-electron chi connectivity index (χ2n) is 5.40. The molecule has 1 aliphatic rings. The van der Waals surface area contributed by atoms with Crippen LogP contribution < -0.4 is 25.3 Å². The Morgan fingerprint density at radius 3 is 2.37 bits per heavy atom. The van der Waals surface area contributed by atoms with Crippen LogP contribution in [0, 0.1) is 0 Å². The molecular weight excluding hydrogens is 508 g/mol. The Hall–Kier alpha value is 0.969. The van der Waals surface area contributed by atoms with E-state index in [0.717, 1.165) is 17.2 Å². The molecule has 0 unspecified atom stereocenters. The minimum absolute atomic E-state index is 0. The van der Waals surface area contributed by atoms with E-state index in [9.17, 15) is 33.8 Å². The van der Waals surface area contributed by atoms with Crippen molar-refractivity contribution in [2.75, 3.05) is 12.3 Å². The predicted octanol–water partition coefficient (Wildman–Crippen LogP) is -5.86. The van der Waals surface area contributed by atoms with Crippen molar-refractivity contribution in [1.29, 1.82) is 0 Å². The summed E-state index contributed by atoms with van der Waals surface area (Å²) in [6, 6.07) is 0. The van der Waals surface area contributed by atoms with Crippen LogP contribution >= 0.6 is 15.6 Å². The largest absolute Gasteiger partial charge is 2.00 e. The molecule has 0 spiro atoms. The van der Waals surface area contributed by atoms with E-state index in [1.54, 1.807) is 0 Å². The van der Waals surface area contributed by atoms with Crippen LogP contribution in [-0.2, 0) is 22.9 Å². The summed E-state index contributed by atoms with van der Waals surface area (Å²) in [5, 5.41) is 10.4. The number of ether oxygens (including phenoxy) is 1. The Bertz CT molecular complexity index is 938. The number of aliphatic hydroxyl groups excluding tert-OH is 1. The van der Waals surface area contributed by atoms with Crippen molar-refractivity contribution in [3.8, 4) is 0 Å². The first-order chi connectivity index (χ1) is 12.5. The number of nitrogens with two attached hydrogens (primary N) is 1. The van der Waals surface area contributed by atoms with E-state index in [0.29, 0.717) is 0 Å². The normalized spacial score (nSPS) is 24.0. The third kappa shape index (κ3) is 7.50. The molecule has 0 radical (unpaired) electrons. The number of hydrogen-bond acceptors (Lipinski definition) is 14. The van der Waals surface area contributed by atoms with Gasteiger partial charge in [-0.1, -0.05) is 0 Å². The molecule has 2 aromatic rings. The van der Waals surface area contributed by atoms with E-state index in [1.807, 2.05) is 0 Å². The standard InChI is InChI=1S/C10H15N5O10P2.2Ca.H2O/c11-8-5-9(13-2-12-8)15(3-14-5)10-6(16)7(25-27(20,21)22)4(24-10)1-23-26(17,18)19;;;/h2-4,6-7,10,16H,1H2,(H2,11,12,13)(H2,17,18,19)(H2,20,21,22);;;1H2/q;2*+2;/p-4/t4-,6-,7-,10-;;;/m1.../s1. The average molecular weight is 521 g/mol. The van der Waals surface area contributed by atoms with Gasteiger partial charge >= 0.3 is 75.5 Å². The number of phosphoric ester groups is 2. The number of hydrogen-bond donors (Lipinski definition) is 2. The molecule has 0 bridgehead atoms. The van der Waals surface area contributed by atoms with Crippen LogP contribution in [-0.4, -0.2) is 130 Å². The first-order valence-electron chi connectivity index (χ1n) is 7.10. The summed E-state index contributed by atoms with van der Waals surface area (Å²) in [4.78, 5) is 54.7. The fourth-order valence-corrected chi connectivity index (χ4v) is 3.47. The molecule has 1 aliphatic heterocycles. The maximum Gasteiger partial charge on any atom is 2.00 e. The molecule has 16 nitrogen and oxygen atoms in total. The number of fused-ring (bicyclic) bond motifs is 1. The number of nitrogens with zero attached hydrogens (tertiary/aromatic N) is 4. The van der Waals surface area contributed by atoms with E-state index in [4.69, 9.17) is 10.5 Å². The van der Waals surface area contributed by atoms with E-state index in [1.165, 1.54) is 0 Å². The van der Waals surface area contributed by atoms with E-state index >= 15 is 0 Å². The Morgan fingerprint density at radius 1 is 1.17 bits per heavy atom. The number of phosphoric acid groups is 2. The fraction of sp³-hybridized carbons (Fsp3) is 0.500. The molecule has 0 amide bonds. The number of rotatable bonds is 6. The monoisotopic (exact) mass is 521 g/mol. The van der Waals surface area contributed by atoms with Crippen molar-refractivity contribution < 1.29 is 53.1 Å². The Morgan fingerprint density at radius 2 is 1.80 bits per heavy atom. The van der Waals surface area contributed by atoms with Crippen LogP contribution in [0.5, 0.6) is 0 Å². The Balaban J connectivity index is 0.00000280. The van der Waals surface area contributed by atoms with Gasteiger partial charge in [0.2, 0.25) is 0 Å². The van der Waals surface area contributed by atoms with Gasteiger partial charge in [0.1, 0.15) is 30.2 Å². The zero-order valence-corrected chi connectivity index (χ0v) is 21.2. The summed E-state index contributed by atoms with van der Waals surface area (Å²) in [5.41, 5.74) is 5.88. The summed E-state index contributed by atoms with van der Waals surface area (Å²) in [5.74, 6) is 0.0150. The topological polar surface area (TPSA) is 275 Å². The zero-order valence-electron chi connectivity index (χ0n) is 15.0. The molecule has 1 saturated heterocycles. The Kier molecular flexibility index (Phi) is 12.3. The predicted molar refractivity (Wildman–Crippen MR) is 90.8 cm³/mol. The Labute approximate surface area is 227 Å². The van der Waals surface area contributed by atoms with Crippen molar-refractivity contribution in [3.05, 3.63) is 12.7 Å². The van der Waals surface area contributed by atoms with E-state index in [2.05, 4.69) is 24.0 Å². The van der Waals surface area contributed by atoms with Gasteiger partial charge in [0.15, 0.2) is 17.7 Å². The molecule has 4 atom stereocenters. The molecule has 0 aromatic carbocycles. The molecular formula is C10H13Ca2N5O11P2. The van der Waals surface area contributed by atoms with Gasteiger partial charge in [0.25, 0.3) is 0 Å². The second kappa shape index (κ2) is 11.9. The van der Waals surface area contributed by atoms with Crippen molar-refractivity contribution in [1.82, 2.24) is 19.5 Å². The van der Waals surface area contributed by atoms with Crippen LogP contribution in [0.1, 0.15) is 6.23 Å². The fourth-order valence-electron chi connectivity index (χ4n) is 2.58. The number of nitrogen functional groups attached to an aromatic ring is 1. The van der Waals surface area contributed by atoms with Crippen LogP contribution in [0.25, 0.3) is 11.2 Å². The van der Waals surface area contributed by atoms with Crippen molar-refractivity contribution in [3.63, 3.8) is 0 Å². The number of imidazole rings is 1. The molecule has 3 heterocycles. The smallest absolute Gasteiger partial charge is 0.790 e. The van der Waals surface area contributed by atoms with Crippen LogP contribution in [0.15, 0.2) is 12.7 Å².